The summed E-state index contributed by atoms with van der Waals surface area (Å²) in [7, 11) is 0. The predicted molar refractivity (Wildman–Crippen MR) is 88.4 cm³/mol. The Morgan fingerprint density at radius 2 is 1.73 bits per heavy atom. The van der Waals surface area contributed by atoms with Crippen LogP contribution in [0.5, 0.6) is 5.75 Å². The molecule has 0 aliphatic heterocycles. The SMILES string of the molecule is CC(=O)Oc1cc(/C=C/c2ccccc2)nc2ccccc12. The largest absolute Gasteiger partial charge is 0.426 e. The highest BCUT2D eigenvalue weighted by atomic mass is 16.5. The molecule has 0 fully saturated rings. The number of carbonyl (C=O) groups is 1. The van der Waals surface area contributed by atoms with Crippen LogP contribution in [0, 0.1) is 0 Å². The van der Waals surface area contributed by atoms with Crippen LogP contribution in [0.15, 0.2) is 60.7 Å². The van der Waals surface area contributed by atoms with Gasteiger partial charge in [0.15, 0.2) is 0 Å². The predicted octanol–water partition coefficient (Wildman–Crippen LogP) is 4.33. The molecule has 0 atom stereocenters. The van der Waals surface area contributed by atoms with Crippen LogP contribution in [0.2, 0.25) is 0 Å². The molecule has 1 heterocycles. The van der Waals surface area contributed by atoms with E-state index >= 15 is 0 Å². The molecular weight excluding hydrogens is 274 g/mol. The molecule has 3 rings (SSSR count). The highest BCUT2D eigenvalue weighted by molar-refractivity contribution is 5.89. The maximum atomic E-state index is 11.3. The van der Waals surface area contributed by atoms with E-state index in [4.69, 9.17) is 4.74 Å². The number of rotatable bonds is 3. The number of ether oxygens (including phenoxy) is 1. The molecule has 1 aromatic heterocycles. The number of esters is 1. The van der Waals surface area contributed by atoms with Gasteiger partial charge in [0, 0.05) is 18.4 Å². The van der Waals surface area contributed by atoms with E-state index in [-0.39, 0.29) is 5.97 Å². The third-order valence-corrected chi connectivity index (χ3v) is 3.20. The van der Waals surface area contributed by atoms with Crippen molar-refractivity contribution in [1.82, 2.24) is 4.98 Å². The summed E-state index contributed by atoms with van der Waals surface area (Å²) in [6.07, 6.45) is 3.89. The van der Waals surface area contributed by atoms with Gasteiger partial charge in [-0.2, -0.15) is 0 Å². The number of fused-ring (bicyclic) bond motifs is 1. The van der Waals surface area contributed by atoms with Crippen molar-refractivity contribution in [1.29, 1.82) is 0 Å². The first-order chi connectivity index (χ1) is 10.7. The van der Waals surface area contributed by atoms with Gasteiger partial charge >= 0.3 is 5.97 Å². The molecule has 22 heavy (non-hydrogen) atoms. The van der Waals surface area contributed by atoms with E-state index in [9.17, 15) is 4.79 Å². The molecule has 0 saturated carbocycles. The second-order valence-electron chi connectivity index (χ2n) is 4.90. The lowest BCUT2D eigenvalue weighted by Crippen LogP contribution is -2.02. The Kier molecular flexibility index (Phi) is 3.97. The Bertz CT molecular complexity index is 838. The molecule has 0 radical (unpaired) electrons. The molecule has 0 amide bonds. The van der Waals surface area contributed by atoms with Crippen LogP contribution in [0.4, 0.5) is 0 Å². The van der Waals surface area contributed by atoms with Crippen molar-refractivity contribution in [2.45, 2.75) is 6.92 Å². The zero-order valence-electron chi connectivity index (χ0n) is 12.2. The lowest BCUT2D eigenvalue weighted by Gasteiger charge is -2.07. The van der Waals surface area contributed by atoms with Crippen molar-refractivity contribution in [2.75, 3.05) is 0 Å². The second kappa shape index (κ2) is 6.22. The maximum absolute atomic E-state index is 11.3. The second-order valence-corrected chi connectivity index (χ2v) is 4.90. The molecule has 3 aromatic rings. The molecule has 3 nitrogen and oxygen atoms in total. The summed E-state index contributed by atoms with van der Waals surface area (Å²) in [5.74, 6) is 0.195. The van der Waals surface area contributed by atoms with Gasteiger partial charge in [-0.15, -0.1) is 0 Å². The molecule has 2 aromatic carbocycles. The molecule has 0 spiro atoms. The minimum Gasteiger partial charge on any atom is -0.426 e. The lowest BCUT2D eigenvalue weighted by atomic mass is 10.1. The van der Waals surface area contributed by atoms with Gasteiger partial charge in [0.1, 0.15) is 5.75 Å². The summed E-state index contributed by atoms with van der Waals surface area (Å²) >= 11 is 0. The van der Waals surface area contributed by atoms with Gasteiger partial charge in [-0.25, -0.2) is 4.98 Å². The van der Waals surface area contributed by atoms with Crippen molar-refractivity contribution in [3.63, 3.8) is 0 Å². The number of benzene rings is 2. The fourth-order valence-electron chi connectivity index (χ4n) is 2.23. The van der Waals surface area contributed by atoms with E-state index in [0.29, 0.717) is 5.75 Å². The van der Waals surface area contributed by atoms with Gasteiger partial charge < -0.3 is 4.74 Å². The minimum atomic E-state index is -0.339. The average Bonchev–Trinajstić information content (AvgIpc) is 2.53. The van der Waals surface area contributed by atoms with Crippen LogP contribution in [0.3, 0.4) is 0 Å². The molecule has 0 N–H and O–H groups in total. The number of para-hydroxylation sites is 1. The summed E-state index contributed by atoms with van der Waals surface area (Å²) in [6, 6.07) is 19.4. The van der Waals surface area contributed by atoms with Crippen LogP contribution in [0.1, 0.15) is 18.2 Å². The zero-order valence-corrected chi connectivity index (χ0v) is 12.2. The van der Waals surface area contributed by atoms with E-state index < -0.39 is 0 Å². The van der Waals surface area contributed by atoms with Crippen LogP contribution in [0.25, 0.3) is 23.1 Å². The molecule has 0 saturated heterocycles. The van der Waals surface area contributed by atoms with Gasteiger partial charge in [0.2, 0.25) is 0 Å². The van der Waals surface area contributed by atoms with Gasteiger partial charge in [-0.1, -0.05) is 48.5 Å². The maximum Gasteiger partial charge on any atom is 0.308 e. The average molecular weight is 289 g/mol. The molecular formula is C19H15NO2. The zero-order chi connectivity index (χ0) is 15.4. The molecule has 3 heteroatoms. The van der Waals surface area contributed by atoms with E-state index in [1.165, 1.54) is 6.92 Å². The Morgan fingerprint density at radius 3 is 2.50 bits per heavy atom. The quantitative estimate of drug-likeness (QED) is 0.674. The Hall–Kier alpha value is -2.94. The fourth-order valence-corrected chi connectivity index (χ4v) is 2.23. The van der Waals surface area contributed by atoms with Gasteiger partial charge in [-0.3, -0.25) is 4.79 Å². The van der Waals surface area contributed by atoms with Crippen molar-refractivity contribution in [2.24, 2.45) is 0 Å². The van der Waals surface area contributed by atoms with Crippen LogP contribution in [-0.2, 0) is 4.79 Å². The van der Waals surface area contributed by atoms with Gasteiger partial charge in [0.25, 0.3) is 0 Å². The van der Waals surface area contributed by atoms with Crippen LogP contribution in [-0.4, -0.2) is 11.0 Å². The lowest BCUT2D eigenvalue weighted by molar-refractivity contribution is -0.131. The Labute approximate surface area is 128 Å². The Morgan fingerprint density at radius 1 is 1.00 bits per heavy atom. The van der Waals surface area contributed by atoms with Crippen molar-refractivity contribution in [3.05, 3.63) is 71.9 Å². The summed E-state index contributed by atoms with van der Waals surface area (Å²) in [5.41, 5.74) is 2.64. The minimum absolute atomic E-state index is 0.339. The van der Waals surface area contributed by atoms with E-state index in [0.717, 1.165) is 22.2 Å². The normalized spacial score (nSPS) is 11.0. The van der Waals surface area contributed by atoms with Crippen LogP contribution < -0.4 is 4.74 Å². The molecule has 0 bridgehead atoms. The Balaban J connectivity index is 2.03. The standard InChI is InChI=1S/C19H15NO2/c1-14(21)22-19-13-16(12-11-15-7-3-2-4-8-15)20-18-10-6-5-9-17(18)19/h2-13H,1H3/b12-11+. The summed E-state index contributed by atoms with van der Waals surface area (Å²) in [6.45, 7) is 1.40. The fraction of sp³-hybridized carbons (Fsp3) is 0.0526. The topological polar surface area (TPSA) is 39.2 Å². The highest BCUT2D eigenvalue weighted by Gasteiger charge is 2.07. The third-order valence-electron chi connectivity index (χ3n) is 3.20. The number of nitrogens with zero attached hydrogens (tertiary/aromatic N) is 1. The number of aromatic nitrogens is 1. The van der Waals surface area contributed by atoms with Gasteiger partial charge in [0.05, 0.1) is 11.2 Å². The smallest absolute Gasteiger partial charge is 0.308 e. The first-order valence-electron chi connectivity index (χ1n) is 7.04. The number of pyridine rings is 1. The van der Waals surface area contributed by atoms with Crippen molar-refractivity contribution >= 4 is 29.0 Å². The van der Waals surface area contributed by atoms with Crippen molar-refractivity contribution < 1.29 is 9.53 Å². The monoisotopic (exact) mass is 289 g/mol. The molecule has 108 valence electrons. The summed E-state index contributed by atoms with van der Waals surface area (Å²) < 4.78 is 5.31. The number of carbonyl (C=O) groups excluding carboxylic acids is 1. The van der Waals surface area contributed by atoms with Crippen LogP contribution >= 0.6 is 0 Å². The molecule has 0 unspecified atom stereocenters. The number of hydrogen-bond donors (Lipinski definition) is 0. The van der Waals surface area contributed by atoms with E-state index in [2.05, 4.69) is 4.98 Å². The molecule has 0 aliphatic rings. The highest BCUT2D eigenvalue weighted by Crippen LogP contribution is 2.26. The first-order valence-corrected chi connectivity index (χ1v) is 7.04. The van der Waals surface area contributed by atoms with Crippen molar-refractivity contribution in [3.8, 4) is 5.75 Å². The third kappa shape index (κ3) is 3.20. The summed E-state index contributed by atoms with van der Waals surface area (Å²) in [4.78, 5) is 15.9. The first kappa shape index (κ1) is 14.0. The van der Waals surface area contributed by atoms with E-state index in [1.54, 1.807) is 6.07 Å². The van der Waals surface area contributed by atoms with E-state index in [1.807, 2.05) is 66.7 Å². The summed E-state index contributed by atoms with van der Waals surface area (Å²) in [5, 5.41) is 0.828. The number of hydrogen-bond acceptors (Lipinski definition) is 3. The molecule has 0 aliphatic carbocycles. The van der Waals surface area contributed by atoms with Gasteiger partial charge in [-0.05, 0) is 23.8 Å².